The number of anilines is 1. The van der Waals surface area contributed by atoms with Gasteiger partial charge in [0.15, 0.2) is 5.69 Å². The van der Waals surface area contributed by atoms with Crippen molar-refractivity contribution in [3.8, 4) is 11.8 Å². The van der Waals surface area contributed by atoms with E-state index in [1.807, 2.05) is 0 Å². The molecule has 0 spiro atoms. The number of nitrogens with one attached hydrogen (secondary N) is 1. The van der Waals surface area contributed by atoms with Crippen molar-refractivity contribution in [2.75, 3.05) is 25.1 Å². The van der Waals surface area contributed by atoms with E-state index in [4.69, 9.17) is 14.3 Å². The molecule has 1 aromatic heterocycles. The van der Waals surface area contributed by atoms with Gasteiger partial charge in [0.2, 0.25) is 0 Å². The van der Waals surface area contributed by atoms with Crippen molar-refractivity contribution in [1.29, 1.82) is 0 Å². The average Bonchev–Trinajstić information content (AvgIpc) is 2.73. The highest BCUT2D eigenvalue weighted by Crippen LogP contribution is 2.07. The van der Waals surface area contributed by atoms with Gasteiger partial charge in [-0.3, -0.25) is 0 Å². The first-order valence-corrected chi connectivity index (χ1v) is 4.71. The van der Waals surface area contributed by atoms with Crippen molar-refractivity contribution in [3.05, 3.63) is 12.0 Å². The van der Waals surface area contributed by atoms with Gasteiger partial charge in [-0.05, 0) is 6.92 Å². The number of esters is 1. The Labute approximate surface area is 92.6 Å². The van der Waals surface area contributed by atoms with E-state index in [1.54, 1.807) is 6.92 Å². The number of ether oxygens (including phenoxy) is 1. The van der Waals surface area contributed by atoms with Crippen LogP contribution in [0.5, 0.6) is 0 Å². The lowest BCUT2D eigenvalue weighted by Crippen LogP contribution is -2.05. The SMILES string of the molecule is CCOC(=O)c1coc(NCC#CCO)n1. The van der Waals surface area contributed by atoms with Gasteiger partial charge in [0.25, 0.3) is 6.01 Å². The Morgan fingerprint density at radius 3 is 3.19 bits per heavy atom. The molecule has 6 nitrogen and oxygen atoms in total. The van der Waals surface area contributed by atoms with Gasteiger partial charge < -0.3 is 19.6 Å². The predicted octanol–water partition coefficient (Wildman–Crippen LogP) is 0.259. The maximum absolute atomic E-state index is 11.2. The van der Waals surface area contributed by atoms with Crippen molar-refractivity contribution in [3.63, 3.8) is 0 Å². The summed E-state index contributed by atoms with van der Waals surface area (Å²) in [7, 11) is 0. The Kier molecular flexibility index (Phi) is 4.89. The summed E-state index contributed by atoms with van der Waals surface area (Å²) in [6, 6.07) is 0.190. The number of hydrogen-bond donors (Lipinski definition) is 2. The zero-order valence-electron chi connectivity index (χ0n) is 8.82. The Bertz CT molecular complexity index is 402. The minimum absolute atomic E-state index is 0.111. The number of aliphatic hydroxyl groups is 1. The van der Waals surface area contributed by atoms with Crippen LogP contribution in [0.3, 0.4) is 0 Å². The first-order chi connectivity index (χ1) is 7.77. The number of nitrogens with zero attached hydrogens (tertiary/aromatic N) is 1. The van der Waals surface area contributed by atoms with E-state index in [2.05, 4.69) is 22.1 Å². The third-order valence-corrected chi connectivity index (χ3v) is 1.52. The molecule has 0 bridgehead atoms. The number of rotatable bonds is 4. The van der Waals surface area contributed by atoms with Crippen molar-refractivity contribution < 1.29 is 19.1 Å². The molecular formula is C10H12N2O4. The van der Waals surface area contributed by atoms with Gasteiger partial charge in [-0.15, -0.1) is 0 Å². The van der Waals surface area contributed by atoms with Crippen LogP contribution in [-0.2, 0) is 4.74 Å². The van der Waals surface area contributed by atoms with Crippen molar-refractivity contribution in [1.82, 2.24) is 4.98 Å². The molecular weight excluding hydrogens is 212 g/mol. The monoisotopic (exact) mass is 224 g/mol. The second-order valence-corrected chi connectivity index (χ2v) is 2.62. The third-order valence-electron chi connectivity index (χ3n) is 1.52. The highest BCUT2D eigenvalue weighted by molar-refractivity contribution is 5.87. The fraction of sp³-hybridized carbons (Fsp3) is 0.400. The molecule has 1 heterocycles. The Morgan fingerprint density at radius 2 is 2.50 bits per heavy atom. The van der Waals surface area contributed by atoms with Crippen LogP contribution in [0.2, 0.25) is 0 Å². The van der Waals surface area contributed by atoms with Crippen LogP contribution in [0.15, 0.2) is 10.7 Å². The molecule has 0 aliphatic carbocycles. The number of carbonyl (C=O) groups is 1. The molecule has 1 rings (SSSR count). The molecule has 1 aromatic rings. The summed E-state index contributed by atoms with van der Waals surface area (Å²) in [4.78, 5) is 15.0. The molecule has 0 saturated carbocycles. The van der Waals surface area contributed by atoms with Crippen LogP contribution in [0.25, 0.3) is 0 Å². The largest absolute Gasteiger partial charge is 0.461 e. The topological polar surface area (TPSA) is 84.6 Å². The Hall–Kier alpha value is -2.00. The standard InChI is InChI=1S/C10H12N2O4/c1-2-15-9(14)8-7-16-10(12-8)11-5-3-4-6-13/h7,13H,2,5-6H2,1H3,(H,11,12). The molecule has 2 N–H and O–H groups in total. The molecule has 0 unspecified atom stereocenters. The van der Waals surface area contributed by atoms with Crippen molar-refractivity contribution in [2.45, 2.75) is 6.92 Å². The molecule has 0 aliphatic rings. The summed E-state index contributed by atoms with van der Waals surface area (Å²) in [6.45, 7) is 2.09. The Morgan fingerprint density at radius 1 is 1.69 bits per heavy atom. The zero-order chi connectivity index (χ0) is 11.8. The van der Waals surface area contributed by atoms with Crippen LogP contribution in [0.1, 0.15) is 17.4 Å². The quantitative estimate of drug-likeness (QED) is 0.563. The highest BCUT2D eigenvalue weighted by Gasteiger charge is 2.12. The van der Waals surface area contributed by atoms with Gasteiger partial charge in [-0.25, -0.2) is 4.79 Å². The molecule has 0 aliphatic heterocycles. The fourth-order valence-electron chi connectivity index (χ4n) is 0.892. The number of oxazole rings is 1. The maximum atomic E-state index is 11.2. The summed E-state index contributed by atoms with van der Waals surface area (Å²) >= 11 is 0. The third kappa shape index (κ3) is 3.63. The molecule has 6 heteroatoms. The minimum atomic E-state index is -0.527. The van der Waals surface area contributed by atoms with Gasteiger partial charge in [0.1, 0.15) is 12.9 Å². The van der Waals surface area contributed by atoms with Gasteiger partial charge >= 0.3 is 5.97 Å². The predicted molar refractivity (Wildman–Crippen MR) is 55.8 cm³/mol. The van der Waals surface area contributed by atoms with Gasteiger partial charge in [0, 0.05) is 0 Å². The van der Waals surface area contributed by atoms with E-state index in [0.717, 1.165) is 0 Å². The smallest absolute Gasteiger partial charge is 0.360 e. The summed E-state index contributed by atoms with van der Waals surface area (Å²) in [5.41, 5.74) is 0.111. The number of hydrogen-bond acceptors (Lipinski definition) is 6. The summed E-state index contributed by atoms with van der Waals surface area (Å²) in [5.74, 6) is 4.54. The van der Waals surface area contributed by atoms with Crippen LogP contribution < -0.4 is 5.32 Å². The van der Waals surface area contributed by atoms with E-state index in [1.165, 1.54) is 6.26 Å². The van der Waals surface area contributed by atoms with E-state index < -0.39 is 5.97 Å². The zero-order valence-corrected chi connectivity index (χ0v) is 8.82. The molecule has 0 aromatic carbocycles. The second kappa shape index (κ2) is 6.48. The molecule has 0 fully saturated rings. The molecule has 0 radical (unpaired) electrons. The summed E-state index contributed by atoms with van der Waals surface area (Å²) < 4.78 is 9.69. The van der Waals surface area contributed by atoms with Gasteiger partial charge in [-0.2, -0.15) is 4.98 Å². The molecule has 16 heavy (non-hydrogen) atoms. The van der Waals surface area contributed by atoms with Crippen LogP contribution in [0.4, 0.5) is 6.01 Å². The fourth-order valence-corrected chi connectivity index (χ4v) is 0.892. The lowest BCUT2D eigenvalue weighted by atomic mass is 10.5. The lowest BCUT2D eigenvalue weighted by molar-refractivity contribution is 0.0519. The summed E-state index contributed by atoms with van der Waals surface area (Å²) in [5, 5.41) is 11.1. The van der Waals surface area contributed by atoms with Crippen molar-refractivity contribution >= 4 is 12.0 Å². The van der Waals surface area contributed by atoms with Crippen LogP contribution >= 0.6 is 0 Å². The number of aliphatic hydroxyl groups excluding tert-OH is 1. The second-order valence-electron chi connectivity index (χ2n) is 2.62. The van der Waals surface area contributed by atoms with Gasteiger partial charge in [-0.1, -0.05) is 11.8 Å². The average molecular weight is 224 g/mol. The number of carbonyl (C=O) groups excluding carboxylic acids is 1. The van der Waals surface area contributed by atoms with Crippen LogP contribution in [-0.4, -0.2) is 35.8 Å². The van der Waals surface area contributed by atoms with Gasteiger partial charge in [0.05, 0.1) is 13.2 Å². The van der Waals surface area contributed by atoms with E-state index >= 15 is 0 Å². The van der Waals surface area contributed by atoms with E-state index in [0.29, 0.717) is 0 Å². The molecule has 0 amide bonds. The van der Waals surface area contributed by atoms with Crippen molar-refractivity contribution in [2.24, 2.45) is 0 Å². The van der Waals surface area contributed by atoms with Crippen LogP contribution in [0, 0.1) is 11.8 Å². The Balaban J connectivity index is 2.48. The first-order valence-electron chi connectivity index (χ1n) is 4.71. The molecule has 86 valence electrons. The highest BCUT2D eigenvalue weighted by atomic mass is 16.5. The number of aromatic nitrogens is 1. The normalized spacial score (nSPS) is 9.12. The molecule has 0 saturated heterocycles. The minimum Gasteiger partial charge on any atom is -0.461 e. The first kappa shape index (κ1) is 12.1. The van der Waals surface area contributed by atoms with E-state index in [-0.39, 0.29) is 31.5 Å². The lowest BCUT2D eigenvalue weighted by Gasteiger charge is -1.95. The summed E-state index contributed by atoms with van der Waals surface area (Å²) in [6.07, 6.45) is 1.21. The maximum Gasteiger partial charge on any atom is 0.360 e. The van der Waals surface area contributed by atoms with E-state index in [9.17, 15) is 4.79 Å². The molecule has 0 atom stereocenters.